The summed E-state index contributed by atoms with van der Waals surface area (Å²) in [6, 6.07) is 1.17. The summed E-state index contributed by atoms with van der Waals surface area (Å²) in [4.78, 5) is 17.1. The van der Waals surface area contributed by atoms with Crippen molar-refractivity contribution in [2.24, 2.45) is 0 Å². The van der Waals surface area contributed by atoms with Crippen LogP contribution in [-0.4, -0.2) is 50.1 Å². The Balaban J connectivity index is 1.97. The molecule has 0 aliphatic carbocycles. The summed E-state index contributed by atoms with van der Waals surface area (Å²) in [5.74, 6) is 0. The molecule has 2 rings (SSSR count). The van der Waals surface area contributed by atoms with Gasteiger partial charge in [-0.15, -0.1) is 0 Å². The van der Waals surface area contributed by atoms with Crippen molar-refractivity contribution in [3.63, 3.8) is 0 Å². The third-order valence-corrected chi connectivity index (χ3v) is 6.05. The van der Waals surface area contributed by atoms with Crippen LogP contribution in [-0.2, 0) is 14.8 Å². The number of amides is 1. The van der Waals surface area contributed by atoms with Crippen molar-refractivity contribution in [2.75, 3.05) is 19.7 Å². The Kier molecular flexibility index (Phi) is 6.24. The normalized spacial score (nSPS) is 16.4. The van der Waals surface area contributed by atoms with Crippen molar-refractivity contribution in [2.45, 2.75) is 30.7 Å². The number of carbonyl (C=O) groups excluding carboxylic acids is 1. The Bertz CT molecular complexity index is 678. The van der Waals surface area contributed by atoms with Gasteiger partial charge in [-0.1, -0.05) is 11.6 Å². The number of nitrogens with zero attached hydrogens (tertiary/aromatic N) is 2. The van der Waals surface area contributed by atoms with Gasteiger partial charge in [-0.25, -0.2) is 22.9 Å². The van der Waals surface area contributed by atoms with Crippen LogP contribution in [0.25, 0.3) is 0 Å². The molecule has 7 nitrogen and oxygen atoms in total. The van der Waals surface area contributed by atoms with Crippen molar-refractivity contribution in [3.05, 3.63) is 21.9 Å². The molecule has 1 fully saturated rings. The SMILES string of the molecule is CCOC(=O)N1CCC(NS(=O)(=O)c2cnc(Cl)c(Br)c2)CC1. The Hall–Kier alpha value is -0.900. The van der Waals surface area contributed by atoms with Crippen LogP contribution in [0.2, 0.25) is 5.15 Å². The number of piperidine rings is 1. The van der Waals surface area contributed by atoms with Gasteiger partial charge in [0.15, 0.2) is 0 Å². The zero-order valence-corrected chi connectivity index (χ0v) is 15.6. The van der Waals surface area contributed by atoms with Crippen molar-refractivity contribution >= 4 is 43.6 Å². The van der Waals surface area contributed by atoms with Gasteiger partial charge in [0, 0.05) is 25.3 Å². The Morgan fingerprint density at radius 2 is 2.17 bits per heavy atom. The first kappa shape index (κ1) is 18.4. The van der Waals surface area contributed by atoms with Gasteiger partial charge in [-0.3, -0.25) is 0 Å². The highest BCUT2D eigenvalue weighted by atomic mass is 79.9. The lowest BCUT2D eigenvalue weighted by atomic mass is 10.1. The van der Waals surface area contributed by atoms with E-state index in [2.05, 4.69) is 25.6 Å². The van der Waals surface area contributed by atoms with E-state index in [9.17, 15) is 13.2 Å². The highest BCUT2D eigenvalue weighted by Gasteiger charge is 2.27. The number of pyridine rings is 1. The van der Waals surface area contributed by atoms with Crippen LogP contribution in [0.5, 0.6) is 0 Å². The monoisotopic (exact) mass is 425 g/mol. The molecule has 1 aliphatic rings. The van der Waals surface area contributed by atoms with Crippen molar-refractivity contribution in [1.82, 2.24) is 14.6 Å². The number of nitrogens with one attached hydrogen (secondary N) is 1. The lowest BCUT2D eigenvalue weighted by Gasteiger charge is -2.31. The predicted octanol–water partition coefficient (Wildman–Crippen LogP) is 2.40. The first-order chi connectivity index (χ1) is 10.8. The van der Waals surface area contributed by atoms with Crippen LogP contribution in [0.3, 0.4) is 0 Å². The maximum atomic E-state index is 12.4. The molecule has 128 valence electrons. The third-order valence-electron chi connectivity index (χ3n) is 3.42. The van der Waals surface area contributed by atoms with E-state index in [1.54, 1.807) is 11.8 Å². The van der Waals surface area contributed by atoms with E-state index in [1.165, 1.54) is 12.3 Å². The van der Waals surface area contributed by atoms with Gasteiger partial charge in [-0.05, 0) is 41.8 Å². The number of aromatic nitrogens is 1. The predicted molar refractivity (Wildman–Crippen MR) is 88.9 cm³/mol. The second kappa shape index (κ2) is 7.78. The van der Waals surface area contributed by atoms with Crippen molar-refractivity contribution < 1.29 is 17.9 Å². The molecule has 0 bridgehead atoms. The standard InChI is InChI=1S/C13H17BrClN3O4S/c1-2-22-13(19)18-5-3-9(4-6-18)17-23(20,21)10-7-11(14)12(15)16-8-10/h7-9,17H,2-6H2,1H3. The summed E-state index contributed by atoms with van der Waals surface area (Å²) in [5, 5.41) is 0.201. The van der Waals surface area contributed by atoms with E-state index in [0.717, 1.165) is 0 Å². The number of likely N-dealkylation sites (tertiary alicyclic amines) is 1. The highest BCUT2D eigenvalue weighted by Crippen LogP contribution is 2.23. The van der Waals surface area contributed by atoms with E-state index in [4.69, 9.17) is 16.3 Å². The fourth-order valence-electron chi connectivity index (χ4n) is 2.23. The zero-order chi connectivity index (χ0) is 17.0. The molecule has 0 spiro atoms. The van der Waals surface area contributed by atoms with E-state index in [0.29, 0.717) is 37.0 Å². The van der Waals surface area contributed by atoms with Crippen LogP contribution >= 0.6 is 27.5 Å². The molecule has 1 amide bonds. The number of rotatable bonds is 4. The first-order valence-corrected chi connectivity index (χ1v) is 9.74. The van der Waals surface area contributed by atoms with Gasteiger partial charge >= 0.3 is 6.09 Å². The summed E-state index contributed by atoms with van der Waals surface area (Å²) in [6.45, 7) is 2.98. The summed E-state index contributed by atoms with van der Waals surface area (Å²) >= 11 is 8.93. The zero-order valence-electron chi connectivity index (χ0n) is 12.5. The highest BCUT2D eigenvalue weighted by molar-refractivity contribution is 9.10. The first-order valence-electron chi connectivity index (χ1n) is 7.08. The maximum Gasteiger partial charge on any atom is 0.409 e. The van der Waals surface area contributed by atoms with Crippen LogP contribution in [0.4, 0.5) is 4.79 Å². The van der Waals surface area contributed by atoms with E-state index >= 15 is 0 Å². The fourth-order valence-corrected chi connectivity index (χ4v) is 4.11. The number of carbonyl (C=O) groups is 1. The van der Waals surface area contributed by atoms with Gasteiger partial charge in [-0.2, -0.15) is 0 Å². The summed E-state index contributed by atoms with van der Waals surface area (Å²) in [5.41, 5.74) is 0. The fraction of sp³-hybridized carbons (Fsp3) is 0.538. The van der Waals surface area contributed by atoms with Gasteiger partial charge in [0.1, 0.15) is 10.0 Å². The lowest BCUT2D eigenvalue weighted by Crippen LogP contribution is -2.46. The molecular formula is C13H17BrClN3O4S. The molecule has 2 heterocycles. The summed E-state index contributed by atoms with van der Waals surface area (Å²) in [7, 11) is -3.68. The molecule has 10 heteroatoms. The minimum Gasteiger partial charge on any atom is -0.450 e. The third kappa shape index (κ3) is 4.79. The molecule has 0 aromatic carbocycles. The molecule has 1 N–H and O–H groups in total. The number of hydrogen-bond donors (Lipinski definition) is 1. The Labute approximate surface area is 148 Å². The van der Waals surface area contributed by atoms with Crippen LogP contribution in [0.15, 0.2) is 21.6 Å². The van der Waals surface area contributed by atoms with Gasteiger partial charge in [0.05, 0.1) is 11.1 Å². The molecule has 1 aliphatic heterocycles. The molecule has 1 aromatic rings. The average molecular weight is 427 g/mol. The second-order valence-corrected chi connectivity index (χ2v) is 7.95. The summed E-state index contributed by atoms with van der Waals surface area (Å²) < 4.78 is 32.7. The van der Waals surface area contributed by atoms with Gasteiger partial charge < -0.3 is 9.64 Å². The second-order valence-electron chi connectivity index (χ2n) is 5.03. The minimum atomic E-state index is -3.68. The number of halogens is 2. The average Bonchev–Trinajstić information content (AvgIpc) is 2.50. The molecule has 0 atom stereocenters. The van der Waals surface area contributed by atoms with Crippen LogP contribution < -0.4 is 4.72 Å². The largest absolute Gasteiger partial charge is 0.450 e. The van der Waals surface area contributed by atoms with Crippen molar-refractivity contribution in [1.29, 1.82) is 0 Å². The lowest BCUT2D eigenvalue weighted by molar-refractivity contribution is 0.0966. The number of sulfonamides is 1. The quantitative estimate of drug-likeness (QED) is 0.747. The maximum absolute atomic E-state index is 12.4. The Morgan fingerprint density at radius 1 is 1.52 bits per heavy atom. The minimum absolute atomic E-state index is 0.0431. The molecule has 1 saturated heterocycles. The molecule has 23 heavy (non-hydrogen) atoms. The van der Waals surface area contributed by atoms with Crippen molar-refractivity contribution in [3.8, 4) is 0 Å². The molecule has 0 unspecified atom stereocenters. The Morgan fingerprint density at radius 3 is 2.74 bits per heavy atom. The molecular weight excluding hydrogens is 410 g/mol. The molecule has 1 aromatic heterocycles. The smallest absolute Gasteiger partial charge is 0.409 e. The van der Waals surface area contributed by atoms with Gasteiger partial charge in [0.2, 0.25) is 10.0 Å². The molecule has 0 saturated carbocycles. The van der Waals surface area contributed by atoms with Crippen LogP contribution in [0, 0.1) is 0 Å². The summed E-state index contributed by atoms with van der Waals surface area (Å²) in [6.07, 6.45) is 1.91. The van der Waals surface area contributed by atoms with E-state index < -0.39 is 10.0 Å². The topological polar surface area (TPSA) is 88.6 Å². The van der Waals surface area contributed by atoms with E-state index in [-0.39, 0.29) is 22.2 Å². The molecule has 0 radical (unpaired) electrons. The van der Waals surface area contributed by atoms with E-state index in [1.807, 2.05) is 0 Å². The number of ether oxygens (including phenoxy) is 1. The van der Waals surface area contributed by atoms with Gasteiger partial charge in [0.25, 0.3) is 0 Å². The number of hydrogen-bond acceptors (Lipinski definition) is 5. The van der Waals surface area contributed by atoms with Crippen LogP contribution in [0.1, 0.15) is 19.8 Å².